The van der Waals surface area contributed by atoms with E-state index in [0.717, 1.165) is 33.4 Å². The van der Waals surface area contributed by atoms with Gasteiger partial charge in [0.2, 0.25) is 11.8 Å². The molecular weight excluding hydrogens is 380 g/mol. The van der Waals surface area contributed by atoms with Crippen LogP contribution < -0.4 is 10.2 Å². The topological polar surface area (TPSA) is 49.4 Å². The van der Waals surface area contributed by atoms with Gasteiger partial charge in [0, 0.05) is 23.1 Å². The molecule has 0 spiro atoms. The van der Waals surface area contributed by atoms with Crippen molar-refractivity contribution >= 4 is 39.1 Å². The van der Waals surface area contributed by atoms with Gasteiger partial charge < -0.3 is 10.2 Å². The zero-order valence-corrected chi connectivity index (χ0v) is 16.0. The molecule has 0 radical (unpaired) electrons. The van der Waals surface area contributed by atoms with Crippen molar-refractivity contribution in [2.24, 2.45) is 5.92 Å². The maximum atomic E-state index is 12.7. The van der Waals surface area contributed by atoms with Crippen molar-refractivity contribution in [1.29, 1.82) is 0 Å². The van der Waals surface area contributed by atoms with Gasteiger partial charge in [-0.15, -0.1) is 0 Å². The molecule has 2 amide bonds. The lowest BCUT2D eigenvalue weighted by Crippen LogP contribution is -2.28. The summed E-state index contributed by atoms with van der Waals surface area (Å²) in [6.07, 6.45) is 1.09. The Balaban J connectivity index is 1.77. The smallest absolute Gasteiger partial charge is 0.229 e. The second kappa shape index (κ2) is 7.40. The third kappa shape index (κ3) is 3.61. The summed E-state index contributed by atoms with van der Waals surface area (Å²) in [5, 5.41) is 3.05. The van der Waals surface area contributed by atoms with Gasteiger partial charge >= 0.3 is 0 Å². The van der Waals surface area contributed by atoms with Crippen LogP contribution in [0.4, 0.5) is 11.4 Å². The Hall–Kier alpha value is -2.14. The molecule has 1 aliphatic heterocycles. The van der Waals surface area contributed by atoms with Crippen LogP contribution in [0.25, 0.3) is 0 Å². The average Bonchev–Trinajstić information content (AvgIpc) is 2.99. The van der Waals surface area contributed by atoms with Gasteiger partial charge in [-0.25, -0.2) is 0 Å². The highest BCUT2D eigenvalue weighted by molar-refractivity contribution is 9.10. The van der Waals surface area contributed by atoms with Crippen molar-refractivity contribution in [3.05, 3.63) is 58.1 Å². The van der Waals surface area contributed by atoms with Crippen LogP contribution in [0.2, 0.25) is 0 Å². The average molecular weight is 401 g/mol. The molecule has 1 saturated heterocycles. The molecule has 1 fully saturated rings. The number of hydrogen-bond acceptors (Lipinski definition) is 2. The van der Waals surface area contributed by atoms with E-state index in [1.54, 1.807) is 4.90 Å². The fourth-order valence-electron chi connectivity index (χ4n) is 3.21. The van der Waals surface area contributed by atoms with E-state index >= 15 is 0 Å². The normalized spacial score (nSPS) is 17.0. The Morgan fingerprint density at radius 3 is 2.72 bits per heavy atom. The summed E-state index contributed by atoms with van der Waals surface area (Å²) in [7, 11) is 0. The van der Waals surface area contributed by atoms with E-state index in [-0.39, 0.29) is 24.2 Å². The maximum absolute atomic E-state index is 12.7. The molecule has 0 saturated carbocycles. The van der Waals surface area contributed by atoms with Crippen LogP contribution in [0.1, 0.15) is 24.5 Å². The van der Waals surface area contributed by atoms with Crippen molar-refractivity contribution in [2.75, 3.05) is 16.8 Å². The summed E-state index contributed by atoms with van der Waals surface area (Å²) >= 11 is 3.48. The Labute approximate surface area is 156 Å². The molecule has 130 valence electrons. The molecule has 2 aromatic rings. The molecule has 4 nitrogen and oxygen atoms in total. The molecule has 1 heterocycles. The number of nitrogens with one attached hydrogen (secondary N) is 1. The first kappa shape index (κ1) is 17.7. The zero-order chi connectivity index (χ0) is 18.0. The molecule has 1 N–H and O–H groups in total. The summed E-state index contributed by atoms with van der Waals surface area (Å²) in [6.45, 7) is 4.46. The van der Waals surface area contributed by atoms with E-state index < -0.39 is 0 Å². The van der Waals surface area contributed by atoms with Crippen LogP contribution in [-0.2, 0) is 16.0 Å². The van der Waals surface area contributed by atoms with Gasteiger partial charge in [-0.1, -0.05) is 37.3 Å². The van der Waals surface area contributed by atoms with Crippen molar-refractivity contribution in [3.63, 3.8) is 0 Å². The zero-order valence-electron chi connectivity index (χ0n) is 14.4. The number of nitrogens with zero attached hydrogens (tertiary/aromatic N) is 1. The number of carbonyl (C=O) groups excluding carboxylic acids is 2. The van der Waals surface area contributed by atoms with Gasteiger partial charge in [-0.2, -0.15) is 0 Å². The minimum Gasteiger partial charge on any atom is -0.325 e. The summed E-state index contributed by atoms with van der Waals surface area (Å²) in [4.78, 5) is 26.8. The van der Waals surface area contributed by atoms with Gasteiger partial charge in [0.1, 0.15) is 0 Å². The third-order valence-corrected chi connectivity index (χ3v) is 5.30. The van der Waals surface area contributed by atoms with Crippen LogP contribution in [0, 0.1) is 12.8 Å². The largest absolute Gasteiger partial charge is 0.325 e. The van der Waals surface area contributed by atoms with E-state index in [2.05, 4.69) is 28.2 Å². The Morgan fingerprint density at radius 1 is 1.24 bits per heavy atom. The predicted molar refractivity (Wildman–Crippen MR) is 104 cm³/mol. The highest BCUT2D eigenvalue weighted by Crippen LogP contribution is 2.32. The lowest BCUT2D eigenvalue weighted by Gasteiger charge is -2.19. The number of carbonyl (C=O) groups is 2. The lowest BCUT2D eigenvalue weighted by molar-refractivity contribution is -0.122. The summed E-state index contributed by atoms with van der Waals surface area (Å²) in [5.41, 5.74) is 3.84. The molecule has 2 aromatic carbocycles. The number of aryl methyl sites for hydroxylation is 2. The van der Waals surface area contributed by atoms with Crippen molar-refractivity contribution in [2.45, 2.75) is 26.7 Å². The molecule has 3 rings (SSSR count). The summed E-state index contributed by atoms with van der Waals surface area (Å²) in [5.74, 6) is -0.455. The first-order valence-electron chi connectivity index (χ1n) is 8.45. The summed E-state index contributed by atoms with van der Waals surface area (Å²) < 4.78 is 0.858. The van der Waals surface area contributed by atoms with E-state index in [0.29, 0.717) is 6.54 Å². The van der Waals surface area contributed by atoms with Gasteiger partial charge in [0.15, 0.2) is 0 Å². The van der Waals surface area contributed by atoms with E-state index in [9.17, 15) is 9.59 Å². The van der Waals surface area contributed by atoms with Gasteiger partial charge in [0.25, 0.3) is 0 Å². The van der Waals surface area contributed by atoms with Crippen molar-refractivity contribution in [3.8, 4) is 0 Å². The van der Waals surface area contributed by atoms with Gasteiger partial charge in [0.05, 0.1) is 11.6 Å². The number of anilines is 2. The van der Waals surface area contributed by atoms with Crippen LogP contribution >= 0.6 is 15.9 Å². The van der Waals surface area contributed by atoms with E-state index in [1.165, 1.54) is 0 Å². The minimum absolute atomic E-state index is 0.0208. The fourth-order valence-corrected chi connectivity index (χ4v) is 3.71. The first-order valence-corrected chi connectivity index (χ1v) is 9.24. The molecule has 25 heavy (non-hydrogen) atoms. The molecule has 0 aliphatic carbocycles. The molecule has 0 bridgehead atoms. The second-order valence-electron chi connectivity index (χ2n) is 6.31. The van der Waals surface area contributed by atoms with Crippen molar-refractivity contribution in [1.82, 2.24) is 0 Å². The standard InChI is InChI=1S/C20H21BrN2O2/c1-3-14-8-6-7-13(2)19(14)22-20(25)15-11-18(24)23(12-15)17-10-5-4-9-16(17)21/h4-10,15H,3,11-12H2,1-2H3,(H,22,25). The van der Waals surface area contributed by atoms with Crippen molar-refractivity contribution < 1.29 is 9.59 Å². The highest BCUT2D eigenvalue weighted by Gasteiger charge is 2.36. The third-order valence-electron chi connectivity index (χ3n) is 4.63. The van der Waals surface area contributed by atoms with Gasteiger partial charge in [-0.3, -0.25) is 9.59 Å². The molecule has 0 aromatic heterocycles. The maximum Gasteiger partial charge on any atom is 0.229 e. The molecular formula is C20H21BrN2O2. The Bertz CT molecular complexity index is 819. The second-order valence-corrected chi connectivity index (χ2v) is 7.16. The predicted octanol–water partition coefficient (Wildman–Crippen LogP) is 4.31. The van der Waals surface area contributed by atoms with Crippen LogP contribution in [0.15, 0.2) is 46.9 Å². The van der Waals surface area contributed by atoms with E-state index in [1.807, 2.05) is 49.4 Å². The number of para-hydroxylation sites is 2. The monoisotopic (exact) mass is 400 g/mol. The number of benzene rings is 2. The number of halogens is 1. The molecule has 1 atom stereocenters. The lowest BCUT2D eigenvalue weighted by atomic mass is 10.0. The highest BCUT2D eigenvalue weighted by atomic mass is 79.9. The van der Waals surface area contributed by atoms with Gasteiger partial charge in [-0.05, 0) is 52.5 Å². The van der Waals surface area contributed by atoms with Crippen LogP contribution in [-0.4, -0.2) is 18.4 Å². The number of amides is 2. The first-order chi connectivity index (χ1) is 12.0. The summed E-state index contributed by atoms with van der Waals surface area (Å²) in [6, 6.07) is 13.6. The number of hydrogen-bond donors (Lipinski definition) is 1. The Morgan fingerprint density at radius 2 is 2.00 bits per heavy atom. The fraction of sp³-hybridized carbons (Fsp3) is 0.300. The quantitative estimate of drug-likeness (QED) is 0.830. The van der Waals surface area contributed by atoms with E-state index in [4.69, 9.17) is 0 Å². The molecule has 5 heteroatoms. The minimum atomic E-state index is -0.344. The molecule has 1 aliphatic rings. The van der Waals surface area contributed by atoms with Crippen LogP contribution in [0.3, 0.4) is 0 Å². The number of rotatable bonds is 4. The SMILES string of the molecule is CCc1cccc(C)c1NC(=O)C1CC(=O)N(c2ccccc2Br)C1. The Kier molecular flexibility index (Phi) is 5.23. The molecule has 1 unspecified atom stereocenters. The van der Waals surface area contributed by atoms with Crippen LogP contribution in [0.5, 0.6) is 0 Å².